The van der Waals surface area contributed by atoms with Gasteiger partial charge in [-0.1, -0.05) is 84.9 Å². The molecule has 6 aromatic carbocycles. The van der Waals surface area contributed by atoms with E-state index >= 15 is 0 Å². The summed E-state index contributed by atoms with van der Waals surface area (Å²) in [7, 11) is 0. The Bertz CT molecular complexity index is 2180. The van der Waals surface area contributed by atoms with Crippen LogP contribution in [0.4, 0.5) is 0 Å². The number of nitrogen functional groups attached to an aromatic ring is 1. The van der Waals surface area contributed by atoms with Crippen molar-refractivity contribution in [2.24, 2.45) is 5.73 Å². The van der Waals surface area contributed by atoms with Gasteiger partial charge in [-0.05, 0) is 70.8 Å². The maximum absolute atomic E-state index is 8.15. The number of nitrogens with zero attached hydrogens (tertiary/aromatic N) is 1. The third kappa shape index (κ3) is 3.65. The van der Waals surface area contributed by atoms with E-state index in [0.29, 0.717) is 5.56 Å². The minimum Gasteiger partial charge on any atom is -0.456 e. The molecule has 8 aromatic rings. The van der Waals surface area contributed by atoms with E-state index in [1.165, 1.54) is 33.0 Å². The highest BCUT2D eigenvalue weighted by Gasteiger charge is 2.18. The number of benzene rings is 6. The Morgan fingerprint density at radius 3 is 1.73 bits per heavy atom. The molecule has 4 heteroatoms. The lowest BCUT2D eigenvalue weighted by atomic mass is 10.0. The molecule has 0 bridgehead atoms. The Kier molecular flexibility index (Phi) is 5.09. The quantitative estimate of drug-likeness (QED) is 0.177. The Morgan fingerprint density at radius 1 is 0.537 bits per heavy atom. The Morgan fingerprint density at radius 2 is 1.15 bits per heavy atom. The number of fused-ring (bicyclic) bond motifs is 6. The van der Waals surface area contributed by atoms with Crippen LogP contribution in [-0.4, -0.2) is 10.4 Å². The van der Waals surface area contributed by atoms with E-state index in [1.807, 2.05) is 36.4 Å². The van der Waals surface area contributed by atoms with Gasteiger partial charge in [0.1, 0.15) is 17.0 Å². The number of aromatic nitrogens is 1. The third-order valence-corrected chi connectivity index (χ3v) is 8.01. The average molecular weight is 528 g/mol. The van der Waals surface area contributed by atoms with E-state index in [-0.39, 0.29) is 5.84 Å². The summed E-state index contributed by atoms with van der Waals surface area (Å²) < 4.78 is 8.48. The van der Waals surface area contributed by atoms with E-state index in [4.69, 9.17) is 15.6 Å². The van der Waals surface area contributed by atoms with E-state index in [1.54, 1.807) is 0 Å². The van der Waals surface area contributed by atoms with E-state index in [2.05, 4.69) is 102 Å². The molecule has 0 aliphatic carbocycles. The van der Waals surface area contributed by atoms with Crippen molar-refractivity contribution in [2.45, 2.75) is 0 Å². The van der Waals surface area contributed by atoms with Crippen LogP contribution < -0.4 is 5.73 Å². The van der Waals surface area contributed by atoms with E-state index in [0.717, 1.165) is 38.7 Å². The second-order valence-electron chi connectivity index (χ2n) is 10.4. The van der Waals surface area contributed by atoms with Crippen LogP contribution in [-0.2, 0) is 0 Å². The molecule has 0 aliphatic heterocycles. The van der Waals surface area contributed by atoms with Crippen molar-refractivity contribution < 1.29 is 4.42 Å². The summed E-state index contributed by atoms with van der Waals surface area (Å²) in [6, 6.07) is 46.4. The zero-order valence-corrected chi connectivity index (χ0v) is 22.1. The molecular formula is C37H25N3O. The summed E-state index contributed by atoms with van der Waals surface area (Å²) in [5.41, 5.74) is 16.2. The van der Waals surface area contributed by atoms with Gasteiger partial charge in [-0.3, -0.25) is 5.41 Å². The van der Waals surface area contributed by atoms with Gasteiger partial charge in [0.05, 0.1) is 11.0 Å². The van der Waals surface area contributed by atoms with Crippen LogP contribution >= 0.6 is 0 Å². The largest absolute Gasteiger partial charge is 0.456 e. The predicted octanol–water partition coefficient (Wildman–Crippen LogP) is 9.30. The average Bonchev–Trinajstić information content (AvgIpc) is 3.56. The monoisotopic (exact) mass is 527 g/mol. The first-order chi connectivity index (χ1) is 20.2. The second-order valence-corrected chi connectivity index (χ2v) is 10.4. The van der Waals surface area contributed by atoms with Crippen molar-refractivity contribution in [1.82, 2.24) is 4.57 Å². The van der Waals surface area contributed by atoms with Crippen LogP contribution in [0.2, 0.25) is 0 Å². The first-order valence-corrected chi connectivity index (χ1v) is 13.6. The smallest absolute Gasteiger partial charge is 0.136 e. The number of rotatable bonds is 4. The minimum absolute atomic E-state index is 0.0300. The van der Waals surface area contributed by atoms with Crippen LogP contribution in [0.3, 0.4) is 0 Å². The van der Waals surface area contributed by atoms with Gasteiger partial charge >= 0.3 is 0 Å². The van der Waals surface area contributed by atoms with Crippen molar-refractivity contribution in [3.8, 4) is 27.9 Å². The number of nitrogens with one attached hydrogen (secondary N) is 1. The van der Waals surface area contributed by atoms with Crippen molar-refractivity contribution in [2.75, 3.05) is 0 Å². The lowest BCUT2D eigenvalue weighted by Gasteiger charge is -2.09. The molecule has 0 amide bonds. The molecular weight excluding hydrogens is 502 g/mol. The summed E-state index contributed by atoms with van der Waals surface area (Å²) in [5, 5.41) is 12.4. The van der Waals surface area contributed by atoms with Crippen LogP contribution in [0.15, 0.2) is 138 Å². The van der Waals surface area contributed by atoms with Crippen LogP contribution in [0.5, 0.6) is 0 Å². The summed E-state index contributed by atoms with van der Waals surface area (Å²) in [6.07, 6.45) is 0. The lowest BCUT2D eigenvalue weighted by molar-refractivity contribution is 0.669. The molecule has 0 saturated carbocycles. The fraction of sp³-hybridized carbons (Fsp3) is 0. The van der Waals surface area contributed by atoms with Gasteiger partial charge in [-0.2, -0.15) is 0 Å². The maximum Gasteiger partial charge on any atom is 0.136 e. The highest BCUT2D eigenvalue weighted by atomic mass is 16.3. The van der Waals surface area contributed by atoms with Crippen LogP contribution in [0, 0.1) is 5.41 Å². The first-order valence-electron chi connectivity index (χ1n) is 13.6. The van der Waals surface area contributed by atoms with Gasteiger partial charge in [-0.25, -0.2) is 0 Å². The topological polar surface area (TPSA) is 67.9 Å². The summed E-state index contributed by atoms with van der Waals surface area (Å²) in [5.74, 6) is 0.0300. The Hall–Kier alpha value is -5.61. The highest BCUT2D eigenvalue weighted by molar-refractivity contribution is 6.17. The van der Waals surface area contributed by atoms with Crippen LogP contribution in [0.25, 0.3) is 71.7 Å². The molecule has 0 radical (unpaired) electrons. The highest BCUT2D eigenvalue weighted by Crippen LogP contribution is 2.39. The van der Waals surface area contributed by atoms with E-state index in [9.17, 15) is 0 Å². The number of hydrogen-bond donors (Lipinski definition) is 2. The van der Waals surface area contributed by atoms with Crippen molar-refractivity contribution in [3.63, 3.8) is 0 Å². The van der Waals surface area contributed by atoms with Gasteiger partial charge in [0, 0.05) is 32.8 Å². The molecule has 2 heterocycles. The molecule has 194 valence electrons. The molecule has 0 atom stereocenters. The maximum atomic E-state index is 8.15. The van der Waals surface area contributed by atoms with Gasteiger partial charge in [0.2, 0.25) is 0 Å². The molecule has 8 rings (SSSR count). The van der Waals surface area contributed by atoms with Gasteiger partial charge < -0.3 is 14.7 Å². The molecule has 0 spiro atoms. The molecule has 0 aliphatic rings. The summed E-state index contributed by atoms with van der Waals surface area (Å²) in [6.45, 7) is 0. The van der Waals surface area contributed by atoms with Crippen molar-refractivity contribution in [3.05, 3.63) is 139 Å². The predicted molar refractivity (Wildman–Crippen MR) is 170 cm³/mol. The zero-order chi connectivity index (χ0) is 27.5. The third-order valence-electron chi connectivity index (χ3n) is 8.01. The van der Waals surface area contributed by atoms with Crippen LogP contribution in [0.1, 0.15) is 5.56 Å². The number of nitrogens with two attached hydrogens (primary N) is 1. The number of hydrogen-bond acceptors (Lipinski definition) is 2. The molecule has 41 heavy (non-hydrogen) atoms. The number of furan rings is 1. The van der Waals surface area contributed by atoms with Crippen molar-refractivity contribution in [1.29, 1.82) is 5.41 Å². The molecule has 0 saturated heterocycles. The minimum atomic E-state index is 0.0300. The first kappa shape index (κ1) is 23.3. The molecule has 3 N–H and O–H groups in total. The summed E-state index contributed by atoms with van der Waals surface area (Å²) in [4.78, 5) is 0. The SMILES string of the molecule is N=C(N)c1cccc2oc3ccc(-n4c5ccc(-c6ccccc6)cc5c5cc(-c6ccccc6)ccc54)cc3c12. The Labute approximate surface area is 236 Å². The summed E-state index contributed by atoms with van der Waals surface area (Å²) >= 11 is 0. The van der Waals surface area contributed by atoms with Crippen molar-refractivity contribution >= 4 is 49.6 Å². The van der Waals surface area contributed by atoms with Gasteiger partial charge in [0.15, 0.2) is 0 Å². The normalized spacial score (nSPS) is 11.6. The second kappa shape index (κ2) is 8.97. The molecule has 0 fully saturated rings. The lowest BCUT2D eigenvalue weighted by Crippen LogP contribution is -2.11. The number of amidine groups is 1. The van der Waals surface area contributed by atoms with Gasteiger partial charge in [-0.15, -0.1) is 0 Å². The van der Waals surface area contributed by atoms with E-state index < -0.39 is 0 Å². The zero-order valence-electron chi connectivity index (χ0n) is 22.1. The fourth-order valence-corrected chi connectivity index (χ4v) is 6.10. The molecule has 2 aromatic heterocycles. The molecule has 4 nitrogen and oxygen atoms in total. The molecule has 0 unspecified atom stereocenters. The fourth-order valence-electron chi connectivity index (χ4n) is 6.10. The van der Waals surface area contributed by atoms with Gasteiger partial charge in [0.25, 0.3) is 0 Å². The standard InChI is InChI=1S/C37H25N3O/c38-37(39)28-12-7-13-35-36(28)31-22-27(16-19-34(31)41-35)40-32-17-14-25(23-8-3-1-4-9-23)20-29(32)30-21-26(15-18-33(30)40)24-10-5-2-6-11-24/h1-22H,(H3,38,39). The Balaban J connectivity index is 1.43.